The maximum absolute atomic E-state index is 12.4. The minimum Gasteiger partial charge on any atom is -0.375 e. The van der Waals surface area contributed by atoms with E-state index in [2.05, 4.69) is 0 Å². The van der Waals surface area contributed by atoms with Crippen molar-refractivity contribution in [1.29, 1.82) is 0 Å². The van der Waals surface area contributed by atoms with Gasteiger partial charge in [0.05, 0.1) is 30.4 Å². The van der Waals surface area contributed by atoms with Crippen molar-refractivity contribution in [3.63, 3.8) is 0 Å². The van der Waals surface area contributed by atoms with E-state index >= 15 is 0 Å². The van der Waals surface area contributed by atoms with Crippen LogP contribution in [-0.2, 0) is 9.47 Å². The van der Waals surface area contributed by atoms with Crippen LogP contribution in [0.5, 0.6) is 0 Å². The zero-order valence-corrected chi connectivity index (χ0v) is 12.9. The van der Waals surface area contributed by atoms with Crippen molar-refractivity contribution in [2.75, 3.05) is 26.3 Å². The number of carbonyl (C=O) groups excluding carboxylic acids is 1. The first-order valence-corrected chi connectivity index (χ1v) is 8.75. The standard InChI is InChI=1S/C16H21NO3S/c18-15(13-3-6-21-10-13)17-5-4-16(11-17)7-14(9-20-16)19-8-12-1-2-12/h3,6,10,12,14H,1-2,4-5,7-9,11H2. The van der Waals surface area contributed by atoms with E-state index in [1.807, 2.05) is 21.7 Å². The Labute approximate surface area is 129 Å². The highest BCUT2D eigenvalue weighted by Crippen LogP contribution is 2.38. The lowest BCUT2D eigenvalue weighted by atomic mass is 9.98. The summed E-state index contributed by atoms with van der Waals surface area (Å²) in [5.74, 6) is 0.931. The van der Waals surface area contributed by atoms with E-state index in [1.54, 1.807) is 11.3 Å². The Morgan fingerprint density at radius 2 is 2.43 bits per heavy atom. The SMILES string of the molecule is O=C(c1ccsc1)N1CCC2(CC(OCC3CC3)CO2)C1. The third-order valence-corrected chi connectivity index (χ3v) is 5.49. The van der Waals surface area contributed by atoms with Crippen LogP contribution in [0.15, 0.2) is 16.8 Å². The minimum atomic E-state index is -0.153. The van der Waals surface area contributed by atoms with Crippen molar-refractivity contribution in [2.45, 2.75) is 37.4 Å². The Morgan fingerprint density at radius 3 is 3.19 bits per heavy atom. The van der Waals surface area contributed by atoms with Crippen molar-refractivity contribution >= 4 is 17.2 Å². The molecule has 0 aromatic carbocycles. The van der Waals surface area contributed by atoms with Crippen molar-refractivity contribution < 1.29 is 14.3 Å². The molecule has 114 valence electrons. The lowest BCUT2D eigenvalue weighted by Gasteiger charge is -2.23. The van der Waals surface area contributed by atoms with Crippen LogP contribution in [-0.4, -0.2) is 48.8 Å². The molecule has 2 saturated heterocycles. The normalized spacial score (nSPS) is 32.2. The molecule has 0 bridgehead atoms. The lowest BCUT2D eigenvalue weighted by Crippen LogP contribution is -2.36. The predicted molar refractivity (Wildman–Crippen MR) is 80.6 cm³/mol. The highest BCUT2D eigenvalue weighted by molar-refractivity contribution is 7.08. The maximum atomic E-state index is 12.4. The van der Waals surface area contributed by atoms with E-state index in [0.717, 1.165) is 37.5 Å². The monoisotopic (exact) mass is 307 g/mol. The van der Waals surface area contributed by atoms with Gasteiger partial charge in [0.25, 0.3) is 5.91 Å². The smallest absolute Gasteiger partial charge is 0.254 e. The van der Waals surface area contributed by atoms with Gasteiger partial charge in [0.15, 0.2) is 0 Å². The van der Waals surface area contributed by atoms with E-state index in [4.69, 9.17) is 9.47 Å². The molecule has 2 unspecified atom stereocenters. The number of ether oxygens (including phenoxy) is 2. The summed E-state index contributed by atoms with van der Waals surface area (Å²) in [7, 11) is 0. The molecule has 0 radical (unpaired) electrons. The summed E-state index contributed by atoms with van der Waals surface area (Å²) in [6.07, 6.45) is 4.74. The van der Waals surface area contributed by atoms with Gasteiger partial charge in [-0.15, -0.1) is 0 Å². The topological polar surface area (TPSA) is 38.8 Å². The van der Waals surface area contributed by atoms with Gasteiger partial charge in [-0.2, -0.15) is 11.3 Å². The average Bonchev–Trinajstić information content (AvgIpc) is 2.96. The number of likely N-dealkylation sites (tertiary alicyclic amines) is 1. The first kappa shape index (κ1) is 13.7. The molecule has 5 heteroatoms. The molecule has 2 aliphatic heterocycles. The van der Waals surface area contributed by atoms with Crippen molar-refractivity contribution in [3.05, 3.63) is 22.4 Å². The number of nitrogens with zero attached hydrogens (tertiary/aromatic N) is 1. The van der Waals surface area contributed by atoms with Crippen molar-refractivity contribution in [2.24, 2.45) is 5.92 Å². The molecule has 1 aliphatic carbocycles. The largest absolute Gasteiger partial charge is 0.375 e. The van der Waals surface area contributed by atoms with Crippen LogP contribution in [0.4, 0.5) is 0 Å². The Bertz CT molecular complexity index is 514. The Kier molecular flexibility index (Phi) is 3.52. The van der Waals surface area contributed by atoms with Gasteiger partial charge in [0.2, 0.25) is 0 Å². The number of carbonyl (C=O) groups is 1. The number of thiophene rings is 1. The van der Waals surface area contributed by atoms with E-state index in [0.29, 0.717) is 13.2 Å². The summed E-state index contributed by atoms with van der Waals surface area (Å²) in [6.45, 7) is 3.09. The maximum Gasteiger partial charge on any atom is 0.254 e. The number of hydrogen-bond donors (Lipinski definition) is 0. The molecule has 1 amide bonds. The molecule has 2 atom stereocenters. The fourth-order valence-corrected chi connectivity index (χ4v) is 3.97. The summed E-state index contributed by atoms with van der Waals surface area (Å²) >= 11 is 1.57. The second-order valence-electron chi connectivity index (χ2n) is 6.59. The van der Waals surface area contributed by atoms with E-state index in [1.165, 1.54) is 12.8 Å². The first-order valence-electron chi connectivity index (χ1n) is 7.81. The second-order valence-corrected chi connectivity index (χ2v) is 7.37. The molecule has 4 rings (SSSR count). The van der Waals surface area contributed by atoms with Gasteiger partial charge in [0, 0.05) is 25.0 Å². The van der Waals surface area contributed by atoms with Crippen LogP contribution in [0.2, 0.25) is 0 Å². The quantitative estimate of drug-likeness (QED) is 0.858. The molecule has 4 nitrogen and oxygen atoms in total. The van der Waals surface area contributed by atoms with Crippen LogP contribution in [0, 0.1) is 5.92 Å². The number of hydrogen-bond acceptors (Lipinski definition) is 4. The fraction of sp³-hybridized carbons (Fsp3) is 0.688. The molecular weight excluding hydrogens is 286 g/mol. The molecule has 1 spiro atoms. The minimum absolute atomic E-state index is 0.138. The highest BCUT2D eigenvalue weighted by Gasteiger charge is 2.47. The van der Waals surface area contributed by atoms with Crippen LogP contribution in [0.25, 0.3) is 0 Å². The Morgan fingerprint density at radius 1 is 1.52 bits per heavy atom. The lowest BCUT2D eigenvalue weighted by molar-refractivity contribution is 0.00157. The van der Waals surface area contributed by atoms with E-state index < -0.39 is 0 Å². The van der Waals surface area contributed by atoms with Crippen LogP contribution in [0.3, 0.4) is 0 Å². The van der Waals surface area contributed by atoms with Gasteiger partial charge in [-0.1, -0.05) is 0 Å². The third kappa shape index (κ3) is 2.87. The predicted octanol–water partition coefficient (Wildman–Crippen LogP) is 2.55. The molecule has 1 aromatic rings. The zero-order valence-electron chi connectivity index (χ0n) is 12.1. The van der Waals surface area contributed by atoms with Crippen molar-refractivity contribution in [1.82, 2.24) is 4.90 Å². The summed E-state index contributed by atoms with van der Waals surface area (Å²) < 4.78 is 12.0. The average molecular weight is 307 g/mol. The van der Waals surface area contributed by atoms with Crippen LogP contribution in [0.1, 0.15) is 36.0 Å². The van der Waals surface area contributed by atoms with Crippen molar-refractivity contribution in [3.8, 4) is 0 Å². The van der Waals surface area contributed by atoms with E-state index in [-0.39, 0.29) is 17.6 Å². The zero-order chi connectivity index (χ0) is 14.3. The molecule has 1 aromatic heterocycles. The van der Waals surface area contributed by atoms with Gasteiger partial charge in [-0.3, -0.25) is 4.79 Å². The molecule has 3 heterocycles. The molecule has 0 N–H and O–H groups in total. The second kappa shape index (κ2) is 5.38. The van der Waals surface area contributed by atoms with Gasteiger partial charge >= 0.3 is 0 Å². The number of rotatable bonds is 4. The molecule has 1 saturated carbocycles. The van der Waals surface area contributed by atoms with Gasteiger partial charge in [-0.25, -0.2) is 0 Å². The molecule has 3 fully saturated rings. The molecule has 3 aliphatic rings. The van der Waals surface area contributed by atoms with Gasteiger partial charge in [-0.05, 0) is 36.6 Å². The Hall–Kier alpha value is -0.910. The molecule has 21 heavy (non-hydrogen) atoms. The van der Waals surface area contributed by atoms with Gasteiger partial charge in [0.1, 0.15) is 0 Å². The van der Waals surface area contributed by atoms with Crippen LogP contribution >= 0.6 is 11.3 Å². The third-order valence-electron chi connectivity index (χ3n) is 4.81. The summed E-state index contributed by atoms with van der Waals surface area (Å²) in [5, 5.41) is 3.87. The van der Waals surface area contributed by atoms with Crippen LogP contribution < -0.4 is 0 Å². The summed E-state index contributed by atoms with van der Waals surface area (Å²) in [5.41, 5.74) is 0.650. The van der Waals surface area contributed by atoms with Gasteiger partial charge < -0.3 is 14.4 Å². The molecular formula is C16H21NO3S. The Balaban J connectivity index is 1.34. The highest BCUT2D eigenvalue weighted by atomic mass is 32.1. The summed E-state index contributed by atoms with van der Waals surface area (Å²) in [4.78, 5) is 14.3. The first-order chi connectivity index (χ1) is 10.2. The summed E-state index contributed by atoms with van der Waals surface area (Å²) in [6, 6.07) is 1.90. The fourth-order valence-electron chi connectivity index (χ4n) is 3.34. The van der Waals surface area contributed by atoms with E-state index in [9.17, 15) is 4.79 Å². The number of amides is 1.